The SMILES string of the molecule is CC(=O)C/C=N\CCC/N=C/CC(C)=O. The normalized spacial score (nSPS) is 11.3. The molecule has 0 aromatic carbocycles. The average molecular weight is 210 g/mol. The molecule has 0 aliphatic carbocycles. The molecule has 0 saturated carbocycles. The quantitative estimate of drug-likeness (QED) is 0.450. The molecule has 84 valence electrons. The summed E-state index contributed by atoms with van der Waals surface area (Å²) in [5.74, 6) is 0.247. The lowest BCUT2D eigenvalue weighted by atomic mass is 10.3. The molecule has 4 nitrogen and oxygen atoms in total. The van der Waals surface area contributed by atoms with E-state index in [-0.39, 0.29) is 11.6 Å². The Morgan fingerprint density at radius 1 is 0.933 bits per heavy atom. The zero-order valence-electron chi connectivity index (χ0n) is 9.40. The minimum Gasteiger partial charge on any atom is -0.300 e. The first kappa shape index (κ1) is 13.7. The fourth-order valence-electron chi connectivity index (χ4n) is 0.822. The van der Waals surface area contributed by atoms with Crippen molar-refractivity contribution < 1.29 is 9.59 Å². The molecular formula is C11H18N2O2. The van der Waals surface area contributed by atoms with Crippen molar-refractivity contribution in [3.63, 3.8) is 0 Å². The fourth-order valence-corrected chi connectivity index (χ4v) is 0.822. The Morgan fingerprint density at radius 2 is 1.33 bits per heavy atom. The molecule has 0 amide bonds. The van der Waals surface area contributed by atoms with Gasteiger partial charge in [0.15, 0.2) is 0 Å². The van der Waals surface area contributed by atoms with Gasteiger partial charge >= 0.3 is 0 Å². The molecule has 0 saturated heterocycles. The van der Waals surface area contributed by atoms with Gasteiger partial charge in [-0.05, 0) is 20.3 Å². The molecule has 0 atom stereocenters. The first-order chi connectivity index (χ1) is 7.13. The van der Waals surface area contributed by atoms with E-state index in [4.69, 9.17) is 0 Å². The van der Waals surface area contributed by atoms with E-state index in [1.807, 2.05) is 0 Å². The lowest BCUT2D eigenvalue weighted by molar-refractivity contribution is -0.116. The summed E-state index contributed by atoms with van der Waals surface area (Å²) >= 11 is 0. The highest BCUT2D eigenvalue weighted by molar-refractivity contribution is 5.89. The van der Waals surface area contributed by atoms with Gasteiger partial charge in [0.2, 0.25) is 0 Å². The lowest BCUT2D eigenvalue weighted by Gasteiger charge is -1.91. The topological polar surface area (TPSA) is 58.9 Å². The molecule has 0 aliphatic heterocycles. The van der Waals surface area contributed by atoms with Crippen molar-refractivity contribution in [2.24, 2.45) is 9.98 Å². The first-order valence-electron chi connectivity index (χ1n) is 5.08. The van der Waals surface area contributed by atoms with Crippen molar-refractivity contribution >= 4 is 24.0 Å². The number of nitrogens with zero attached hydrogens (tertiary/aromatic N) is 2. The largest absolute Gasteiger partial charge is 0.300 e. The highest BCUT2D eigenvalue weighted by Crippen LogP contribution is 1.85. The van der Waals surface area contributed by atoms with Crippen LogP contribution in [0.15, 0.2) is 9.98 Å². The van der Waals surface area contributed by atoms with E-state index in [0.29, 0.717) is 25.9 Å². The second-order valence-corrected chi connectivity index (χ2v) is 3.34. The van der Waals surface area contributed by atoms with Crippen molar-refractivity contribution in [3.8, 4) is 0 Å². The third-order valence-electron chi connectivity index (χ3n) is 1.59. The Kier molecular flexibility index (Phi) is 8.43. The zero-order chi connectivity index (χ0) is 11.5. The maximum Gasteiger partial charge on any atom is 0.135 e. The number of Topliss-reactive ketones (excluding diaryl/α,β-unsaturated/α-hetero) is 2. The van der Waals surface area contributed by atoms with Crippen LogP contribution in [0.2, 0.25) is 0 Å². The van der Waals surface area contributed by atoms with Gasteiger partial charge in [-0.2, -0.15) is 0 Å². The Hall–Kier alpha value is -1.32. The Balaban J connectivity index is 3.31. The van der Waals surface area contributed by atoms with Crippen LogP contribution in [0.4, 0.5) is 0 Å². The third kappa shape index (κ3) is 12.7. The van der Waals surface area contributed by atoms with E-state index in [9.17, 15) is 9.59 Å². The molecule has 0 aliphatic rings. The molecule has 0 spiro atoms. The average Bonchev–Trinajstić information content (AvgIpc) is 2.14. The van der Waals surface area contributed by atoms with Gasteiger partial charge in [-0.1, -0.05) is 0 Å². The molecule has 0 aromatic heterocycles. The van der Waals surface area contributed by atoms with E-state index in [2.05, 4.69) is 9.98 Å². The Bertz CT molecular complexity index is 231. The van der Waals surface area contributed by atoms with Crippen LogP contribution < -0.4 is 0 Å². The molecule has 0 rings (SSSR count). The number of aliphatic imine (C=N–C) groups is 2. The predicted octanol–water partition coefficient (Wildman–Crippen LogP) is 1.48. The van der Waals surface area contributed by atoms with Crippen LogP contribution in [0.1, 0.15) is 33.1 Å². The standard InChI is InChI=1S/C11H18N2O2/c1-10(14)4-8-12-6-3-7-13-9-5-11(2)15/h8-9H,3-7H2,1-2H3/b12-8-,13-9+. The van der Waals surface area contributed by atoms with Gasteiger partial charge < -0.3 is 0 Å². The maximum atomic E-state index is 10.5. The van der Waals surface area contributed by atoms with Gasteiger partial charge in [0.25, 0.3) is 0 Å². The predicted molar refractivity (Wildman–Crippen MR) is 61.9 cm³/mol. The zero-order valence-corrected chi connectivity index (χ0v) is 9.40. The van der Waals surface area contributed by atoms with Gasteiger partial charge in [-0.3, -0.25) is 19.6 Å². The van der Waals surface area contributed by atoms with Gasteiger partial charge in [0.05, 0.1) is 0 Å². The summed E-state index contributed by atoms with van der Waals surface area (Å²) < 4.78 is 0. The summed E-state index contributed by atoms with van der Waals surface area (Å²) in [6.07, 6.45) is 4.95. The summed E-state index contributed by atoms with van der Waals surface area (Å²) in [6, 6.07) is 0. The number of rotatable bonds is 8. The van der Waals surface area contributed by atoms with E-state index < -0.39 is 0 Å². The smallest absolute Gasteiger partial charge is 0.135 e. The van der Waals surface area contributed by atoms with Crippen LogP contribution in [0.5, 0.6) is 0 Å². The minimum absolute atomic E-state index is 0.123. The third-order valence-corrected chi connectivity index (χ3v) is 1.59. The van der Waals surface area contributed by atoms with E-state index in [1.54, 1.807) is 12.4 Å². The summed E-state index contributed by atoms with van der Waals surface area (Å²) in [4.78, 5) is 29.2. The van der Waals surface area contributed by atoms with Crippen LogP contribution in [0.25, 0.3) is 0 Å². The maximum absolute atomic E-state index is 10.5. The summed E-state index contributed by atoms with van der Waals surface area (Å²) in [6.45, 7) is 4.45. The fraction of sp³-hybridized carbons (Fsp3) is 0.636. The van der Waals surface area contributed by atoms with Crippen LogP contribution >= 0.6 is 0 Å². The molecule has 4 heteroatoms. The lowest BCUT2D eigenvalue weighted by Crippen LogP contribution is -1.93. The molecule has 0 bridgehead atoms. The molecule has 0 unspecified atom stereocenters. The van der Waals surface area contributed by atoms with Crippen molar-refractivity contribution in [3.05, 3.63) is 0 Å². The van der Waals surface area contributed by atoms with Crippen molar-refractivity contribution in [2.75, 3.05) is 13.1 Å². The molecule has 0 radical (unpaired) electrons. The number of carbonyl (C=O) groups is 2. The first-order valence-corrected chi connectivity index (χ1v) is 5.08. The Morgan fingerprint density at radius 3 is 1.67 bits per heavy atom. The second kappa shape index (κ2) is 9.24. The van der Waals surface area contributed by atoms with Crippen LogP contribution in [-0.2, 0) is 9.59 Å². The van der Waals surface area contributed by atoms with Crippen LogP contribution in [0.3, 0.4) is 0 Å². The van der Waals surface area contributed by atoms with Crippen molar-refractivity contribution in [2.45, 2.75) is 33.1 Å². The van der Waals surface area contributed by atoms with Crippen molar-refractivity contribution in [1.29, 1.82) is 0 Å². The number of ketones is 2. The highest BCUT2D eigenvalue weighted by atomic mass is 16.1. The van der Waals surface area contributed by atoms with Gasteiger partial charge in [-0.25, -0.2) is 0 Å². The van der Waals surface area contributed by atoms with Gasteiger partial charge in [0, 0.05) is 38.4 Å². The molecular weight excluding hydrogens is 192 g/mol. The molecule has 0 fully saturated rings. The summed E-state index contributed by atoms with van der Waals surface area (Å²) in [7, 11) is 0. The van der Waals surface area contributed by atoms with Gasteiger partial charge in [-0.15, -0.1) is 0 Å². The molecule has 15 heavy (non-hydrogen) atoms. The summed E-state index contributed by atoms with van der Waals surface area (Å²) in [5, 5.41) is 0. The molecule has 0 heterocycles. The number of hydrogen-bond acceptors (Lipinski definition) is 4. The number of hydrogen-bond donors (Lipinski definition) is 0. The van der Waals surface area contributed by atoms with Crippen LogP contribution in [0, 0.1) is 0 Å². The minimum atomic E-state index is 0.123. The van der Waals surface area contributed by atoms with Gasteiger partial charge in [0.1, 0.15) is 11.6 Å². The van der Waals surface area contributed by atoms with E-state index in [1.165, 1.54) is 13.8 Å². The Labute approximate surface area is 90.5 Å². The van der Waals surface area contributed by atoms with E-state index >= 15 is 0 Å². The molecule has 0 aromatic rings. The second-order valence-electron chi connectivity index (χ2n) is 3.34. The van der Waals surface area contributed by atoms with Crippen molar-refractivity contribution in [1.82, 2.24) is 0 Å². The molecule has 0 N–H and O–H groups in total. The van der Waals surface area contributed by atoms with E-state index in [0.717, 1.165) is 6.42 Å². The number of carbonyl (C=O) groups excluding carboxylic acids is 2. The highest BCUT2D eigenvalue weighted by Gasteiger charge is 1.88. The van der Waals surface area contributed by atoms with Crippen LogP contribution in [-0.4, -0.2) is 37.1 Å². The monoisotopic (exact) mass is 210 g/mol. The summed E-state index contributed by atoms with van der Waals surface area (Å²) in [5.41, 5.74) is 0.